The van der Waals surface area contributed by atoms with E-state index in [4.69, 9.17) is 16.6 Å². The molecule has 0 unspecified atom stereocenters. The Hall–Kier alpha value is -1.85. The molecule has 0 aliphatic heterocycles. The number of rotatable bonds is 4. The average Bonchev–Trinajstić information content (AvgIpc) is 3.34. The van der Waals surface area contributed by atoms with E-state index in [2.05, 4.69) is 31.2 Å². The summed E-state index contributed by atoms with van der Waals surface area (Å²) in [7, 11) is 0. The van der Waals surface area contributed by atoms with Crippen LogP contribution in [0.25, 0.3) is 11.3 Å². The predicted octanol–water partition coefficient (Wildman–Crippen LogP) is 8.99. The molecule has 0 bridgehead atoms. The Labute approximate surface area is 201 Å². The quantitative estimate of drug-likeness (QED) is 0.387. The van der Waals surface area contributed by atoms with Gasteiger partial charge in [0.15, 0.2) is 3.95 Å². The zero-order valence-corrected chi connectivity index (χ0v) is 20.8. The molecule has 172 valence electrons. The number of hydrogen-bond acceptors (Lipinski definition) is 4. The van der Waals surface area contributed by atoms with Crippen molar-refractivity contribution >= 4 is 23.6 Å². The van der Waals surface area contributed by atoms with E-state index in [-0.39, 0.29) is 0 Å². The summed E-state index contributed by atoms with van der Waals surface area (Å²) in [5.74, 6) is 2.07. The third-order valence-electron chi connectivity index (χ3n) is 6.66. The Morgan fingerprint density at radius 1 is 0.906 bits per heavy atom. The molecule has 3 aromatic rings. The third-order valence-corrected chi connectivity index (χ3v) is 8.05. The van der Waals surface area contributed by atoms with Crippen LogP contribution in [0, 0.1) is 10.9 Å². The first-order valence-corrected chi connectivity index (χ1v) is 13.4. The van der Waals surface area contributed by atoms with Crippen LogP contribution in [0.1, 0.15) is 92.9 Å². The van der Waals surface area contributed by atoms with Gasteiger partial charge >= 0.3 is 0 Å². The maximum Gasteiger partial charge on any atom is 0.207 e. The molecule has 0 atom stereocenters. The highest BCUT2D eigenvalue weighted by Crippen LogP contribution is 2.36. The number of hydrogen-bond donors (Lipinski definition) is 1. The molecule has 2 aromatic heterocycles. The number of benzene rings is 1. The molecular weight excluding hydrogens is 434 g/mol. The Kier molecular flexibility index (Phi) is 8.26. The van der Waals surface area contributed by atoms with Crippen LogP contribution in [0.15, 0.2) is 40.8 Å². The Bertz CT molecular complexity index is 1030. The first-order chi connectivity index (χ1) is 15.6. The normalized spacial score (nSPS) is 17.0. The molecular formula is C27H35NO2S2. The summed E-state index contributed by atoms with van der Waals surface area (Å²) >= 11 is 7.26. The summed E-state index contributed by atoms with van der Waals surface area (Å²) in [5, 5.41) is 11.1. The van der Waals surface area contributed by atoms with Crippen molar-refractivity contribution in [3.8, 4) is 17.2 Å². The van der Waals surface area contributed by atoms with Crippen LogP contribution in [0.5, 0.6) is 5.88 Å². The maximum absolute atomic E-state index is 11.1. The van der Waals surface area contributed by atoms with Crippen LogP contribution in [-0.4, -0.2) is 9.67 Å². The van der Waals surface area contributed by atoms with E-state index in [1.807, 2.05) is 16.7 Å². The number of nitrogens with zero attached hydrogens (tertiary/aromatic N) is 1. The summed E-state index contributed by atoms with van der Waals surface area (Å²) < 4.78 is 8.95. The lowest BCUT2D eigenvalue weighted by atomic mass is 9.98. The fourth-order valence-electron chi connectivity index (χ4n) is 4.76. The van der Waals surface area contributed by atoms with Crippen LogP contribution in [0.2, 0.25) is 0 Å². The van der Waals surface area contributed by atoms with Crippen molar-refractivity contribution in [1.82, 2.24) is 4.57 Å². The standard InChI is InChI=1S/C27H35NO2S2/c1-20-13-15-21(16-14-20)24-18-17-23(30-24)19-25-26(29)28(27(31)32-25)22-11-9-7-5-3-2-4-6-8-10-12-22/h13-18,22,29H,2-12,19H2,1H3. The van der Waals surface area contributed by atoms with Crippen molar-refractivity contribution in [3.63, 3.8) is 0 Å². The highest BCUT2D eigenvalue weighted by Gasteiger charge is 2.21. The second kappa shape index (κ2) is 11.3. The van der Waals surface area contributed by atoms with Crippen molar-refractivity contribution in [2.45, 2.75) is 90.0 Å². The lowest BCUT2D eigenvalue weighted by Gasteiger charge is -2.20. The molecule has 32 heavy (non-hydrogen) atoms. The van der Waals surface area contributed by atoms with Crippen LogP contribution in [0.3, 0.4) is 0 Å². The Morgan fingerprint density at radius 2 is 1.50 bits per heavy atom. The van der Waals surface area contributed by atoms with Crippen molar-refractivity contribution in [2.24, 2.45) is 0 Å². The first-order valence-electron chi connectivity index (χ1n) is 12.2. The van der Waals surface area contributed by atoms with Crippen LogP contribution < -0.4 is 0 Å². The van der Waals surface area contributed by atoms with E-state index in [0.29, 0.717) is 18.3 Å². The van der Waals surface area contributed by atoms with Gasteiger partial charge in [0.1, 0.15) is 11.5 Å². The van der Waals surface area contributed by atoms with Gasteiger partial charge in [0.2, 0.25) is 5.88 Å². The highest BCUT2D eigenvalue weighted by atomic mass is 32.1. The fraction of sp³-hybridized carbons (Fsp3) is 0.519. The molecule has 2 heterocycles. The number of aryl methyl sites for hydroxylation is 1. The van der Waals surface area contributed by atoms with Crippen molar-refractivity contribution in [2.75, 3.05) is 0 Å². The topological polar surface area (TPSA) is 38.3 Å². The van der Waals surface area contributed by atoms with Gasteiger partial charge in [-0.15, -0.1) is 11.3 Å². The van der Waals surface area contributed by atoms with Gasteiger partial charge in [0, 0.05) is 18.0 Å². The molecule has 1 aliphatic carbocycles. The number of aromatic hydroxyl groups is 1. The molecule has 4 rings (SSSR count). The molecule has 1 aliphatic rings. The summed E-state index contributed by atoms with van der Waals surface area (Å²) in [6.45, 7) is 2.08. The Balaban J connectivity index is 1.49. The van der Waals surface area contributed by atoms with E-state index in [0.717, 1.165) is 38.8 Å². The van der Waals surface area contributed by atoms with E-state index in [1.165, 1.54) is 74.7 Å². The van der Waals surface area contributed by atoms with Crippen LogP contribution >= 0.6 is 23.6 Å². The minimum atomic E-state index is 0.312. The van der Waals surface area contributed by atoms with Gasteiger partial charge in [-0.1, -0.05) is 87.6 Å². The molecule has 5 heteroatoms. The van der Waals surface area contributed by atoms with Crippen LogP contribution in [0.4, 0.5) is 0 Å². The molecule has 1 saturated carbocycles. The monoisotopic (exact) mass is 469 g/mol. The maximum atomic E-state index is 11.1. The lowest BCUT2D eigenvalue weighted by Crippen LogP contribution is -2.09. The van der Waals surface area contributed by atoms with E-state index >= 15 is 0 Å². The third kappa shape index (κ3) is 5.93. The van der Waals surface area contributed by atoms with E-state index in [1.54, 1.807) is 0 Å². The molecule has 0 amide bonds. The molecule has 3 nitrogen and oxygen atoms in total. The second-order valence-corrected chi connectivity index (χ2v) is 10.9. The van der Waals surface area contributed by atoms with Gasteiger partial charge in [0.25, 0.3) is 0 Å². The molecule has 0 radical (unpaired) electrons. The van der Waals surface area contributed by atoms with Gasteiger partial charge in [-0.2, -0.15) is 0 Å². The van der Waals surface area contributed by atoms with Gasteiger partial charge in [0.05, 0.1) is 4.88 Å². The zero-order chi connectivity index (χ0) is 22.3. The largest absolute Gasteiger partial charge is 0.494 e. The van der Waals surface area contributed by atoms with Gasteiger partial charge in [-0.25, -0.2) is 0 Å². The summed E-state index contributed by atoms with van der Waals surface area (Å²) in [5.41, 5.74) is 2.31. The Morgan fingerprint density at radius 3 is 2.12 bits per heavy atom. The summed E-state index contributed by atoms with van der Waals surface area (Å²) in [4.78, 5) is 0.908. The average molecular weight is 470 g/mol. The molecule has 1 N–H and O–H groups in total. The highest BCUT2D eigenvalue weighted by molar-refractivity contribution is 7.73. The molecule has 1 aromatic carbocycles. The van der Waals surface area contributed by atoms with Gasteiger partial charge < -0.3 is 9.52 Å². The minimum absolute atomic E-state index is 0.312. The summed E-state index contributed by atoms with van der Waals surface area (Å²) in [6.07, 6.45) is 14.6. The second-order valence-electron chi connectivity index (χ2n) is 9.21. The summed E-state index contributed by atoms with van der Waals surface area (Å²) in [6, 6.07) is 12.7. The zero-order valence-electron chi connectivity index (χ0n) is 19.1. The number of thiazole rings is 1. The lowest BCUT2D eigenvalue weighted by molar-refractivity contribution is 0.332. The van der Waals surface area contributed by atoms with Crippen LogP contribution in [-0.2, 0) is 6.42 Å². The minimum Gasteiger partial charge on any atom is -0.494 e. The number of furan rings is 1. The van der Waals surface area contributed by atoms with Gasteiger partial charge in [-0.05, 0) is 44.1 Å². The fourth-order valence-corrected chi connectivity index (χ4v) is 6.25. The van der Waals surface area contributed by atoms with Crippen molar-refractivity contribution < 1.29 is 9.52 Å². The first kappa shape index (κ1) is 23.3. The molecule has 1 fully saturated rings. The number of aromatic nitrogens is 1. The van der Waals surface area contributed by atoms with E-state index in [9.17, 15) is 5.11 Å². The smallest absolute Gasteiger partial charge is 0.207 e. The van der Waals surface area contributed by atoms with Gasteiger partial charge in [-0.3, -0.25) is 4.57 Å². The SMILES string of the molecule is Cc1ccc(-c2ccc(Cc3sc(=S)n(C4CCCCCCCCCCC4)c3O)o2)cc1. The van der Waals surface area contributed by atoms with E-state index < -0.39 is 0 Å². The predicted molar refractivity (Wildman–Crippen MR) is 136 cm³/mol. The molecule has 0 saturated heterocycles. The molecule has 0 spiro atoms. The van der Waals surface area contributed by atoms with Crippen molar-refractivity contribution in [1.29, 1.82) is 0 Å². The van der Waals surface area contributed by atoms with Crippen molar-refractivity contribution in [3.05, 3.63) is 56.6 Å².